The van der Waals surface area contributed by atoms with Gasteiger partial charge in [0.05, 0.1) is 0 Å². The van der Waals surface area contributed by atoms with E-state index < -0.39 is 5.54 Å². The summed E-state index contributed by atoms with van der Waals surface area (Å²) < 4.78 is 0. The molecule has 0 saturated heterocycles. The van der Waals surface area contributed by atoms with Crippen molar-refractivity contribution in [2.24, 2.45) is 5.73 Å². The fourth-order valence-corrected chi connectivity index (χ4v) is 6.59. The topological polar surface area (TPSA) is 60.2 Å². The highest BCUT2D eigenvalue weighted by molar-refractivity contribution is 6.10. The summed E-state index contributed by atoms with van der Waals surface area (Å²) in [7, 11) is 0. The van der Waals surface area contributed by atoms with Crippen LogP contribution in [0.4, 0.5) is 0 Å². The molecule has 1 rings (SSSR count). The molecular weight excluding hydrogens is 587 g/mol. The van der Waals surface area contributed by atoms with Crippen molar-refractivity contribution in [2.75, 3.05) is 0 Å². The molecule has 0 aliphatic carbocycles. The SMILES string of the molecule is CCCCCCCCC=CCCCCCCCC(=O)c1cccc(C(C)(C)N)c1C(=O)CCCCCCCC=CCCCCCCCC. The number of unbranched alkanes of at least 4 members (excludes halogenated alkanes) is 22. The molecule has 0 aliphatic heterocycles. The molecule has 0 aromatic heterocycles. The van der Waals surface area contributed by atoms with Gasteiger partial charge in [-0.1, -0.05) is 159 Å². The molecule has 0 amide bonds. The molecule has 0 aliphatic rings. The molecule has 1 aromatic rings. The van der Waals surface area contributed by atoms with Crippen LogP contribution in [0, 0.1) is 0 Å². The van der Waals surface area contributed by atoms with Gasteiger partial charge in [-0.05, 0) is 83.6 Å². The number of hydrogen-bond acceptors (Lipinski definition) is 3. The quantitative estimate of drug-likeness (QED) is 0.0462. The standard InChI is InChI=1S/C45H77NO2/c1-5-7-9-11-13-15-17-19-21-23-25-27-29-31-33-38-42(47)40-36-35-37-41(45(3,4)46)44(40)43(48)39-34-32-30-28-26-24-22-20-18-16-14-12-10-8-6-2/h19-22,35-37H,5-18,23-34,38-39,46H2,1-4H3. The summed E-state index contributed by atoms with van der Waals surface area (Å²) in [6, 6.07) is 5.68. The lowest BCUT2D eigenvalue weighted by Crippen LogP contribution is -2.32. The van der Waals surface area contributed by atoms with E-state index >= 15 is 0 Å². The summed E-state index contributed by atoms with van der Waals surface area (Å²) in [6.45, 7) is 8.40. The third-order valence-electron chi connectivity index (χ3n) is 9.67. The maximum atomic E-state index is 13.6. The van der Waals surface area contributed by atoms with Gasteiger partial charge in [-0.25, -0.2) is 0 Å². The highest BCUT2D eigenvalue weighted by atomic mass is 16.1. The summed E-state index contributed by atoms with van der Waals surface area (Å²) >= 11 is 0. The number of hydrogen-bond donors (Lipinski definition) is 1. The van der Waals surface area contributed by atoms with Crippen LogP contribution in [0.25, 0.3) is 0 Å². The van der Waals surface area contributed by atoms with Gasteiger partial charge in [0, 0.05) is 29.5 Å². The number of benzene rings is 1. The number of ketones is 2. The molecule has 274 valence electrons. The Kier molecular flexibility index (Phi) is 27.4. The molecule has 48 heavy (non-hydrogen) atoms. The van der Waals surface area contributed by atoms with E-state index in [9.17, 15) is 9.59 Å². The van der Waals surface area contributed by atoms with Crippen LogP contribution in [0.2, 0.25) is 0 Å². The summed E-state index contributed by atoms with van der Waals surface area (Å²) in [5.41, 5.74) is 7.80. The number of carbonyl (C=O) groups excluding carboxylic acids is 2. The molecule has 0 saturated carbocycles. The minimum absolute atomic E-state index is 0.0784. The Labute approximate surface area is 298 Å². The predicted molar refractivity (Wildman–Crippen MR) is 211 cm³/mol. The first kappa shape index (κ1) is 44.0. The Morgan fingerprint density at radius 3 is 1.27 bits per heavy atom. The van der Waals surface area contributed by atoms with Crippen LogP contribution < -0.4 is 5.73 Å². The number of rotatable bonds is 33. The molecule has 0 atom stereocenters. The van der Waals surface area contributed by atoms with E-state index in [0.29, 0.717) is 24.0 Å². The van der Waals surface area contributed by atoms with Crippen LogP contribution in [-0.2, 0) is 5.54 Å². The summed E-state index contributed by atoms with van der Waals surface area (Å²) in [6.07, 6.45) is 42.6. The number of allylic oxidation sites excluding steroid dienone is 4. The highest BCUT2D eigenvalue weighted by Crippen LogP contribution is 2.28. The zero-order valence-corrected chi connectivity index (χ0v) is 32.2. The maximum Gasteiger partial charge on any atom is 0.163 e. The van der Waals surface area contributed by atoms with E-state index in [2.05, 4.69) is 38.2 Å². The number of nitrogens with two attached hydrogens (primary N) is 1. The average Bonchev–Trinajstić information content (AvgIpc) is 3.07. The first-order chi connectivity index (χ1) is 23.3. The molecule has 1 aromatic carbocycles. The van der Waals surface area contributed by atoms with Crippen molar-refractivity contribution < 1.29 is 9.59 Å². The van der Waals surface area contributed by atoms with E-state index in [0.717, 1.165) is 50.5 Å². The Bertz CT molecular complexity index is 999. The Hall–Kier alpha value is -2.00. The monoisotopic (exact) mass is 664 g/mol. The summed E-state index contributed by atoms with van der Waals surface area (Å²) in [5.74, 6) is 0.168. The first-order valence-electron chi connectivity index (χ1n) is 20.6. The van der Waals surface area contributed by atoms with Crippen molar-refractivity contribution in [3.8, 4) is 0 Å². The molecule has 2 N–H and O–H groups in total. The van der Waals surface area contributed by atoms with E-state index in [1.165, 1.54) is 122 Å². The van der Waals surface area contributed by atoms with Crippen LogP contribution in [0.3, 0.4) is 0 Å². The molecule has 0 heterocycles. The Morgan fingerprint density at radius 2 is 0.875 bits per heavy atom. The van der Waals surface area contributed by atoms with E-state index in [-0.39, 0.29) is 11.6 Å². The fourth-order valence-electron chi connectivity index (χ4n) is 6.59. The van der Waals surface area contributed by atoms with Crippen molar-refractivity contribution in [2.45, 2.75) is 213 Å². The Balaban J connectivity index is 2.35. The average molecular weight is 664 g/mol. The smallest absolute Gasteiger partial charge is 0.163 e. The molecule has 0 unspecified atom stereocenters. The zero-order chi connectivity index (χ0) is 35.1. The van der Waals surface area contributed by atoms with Gasteiger partial charge in [0.1, 0.15) is 0 Å². The van der Waals surface area contributed by atoms with Crippen molar-refractivity contribution in [3.63, 3.8) is 0 Å². The Morgan fingerprint density at radius 1 is 0.521 bits per heavy atom. The van der Waals surface area contributed by atoms with E-state index in [1.54, 1.807) is 0 Å². The predicted octanol–water partition coefficient (Wildman–Crippen LogP) is 14.3. The molecule has 3 heteroatoms. The normalized spacial score (nSPS) is 12.1. The third kappa shape index (κ3) is 22.6. The van der Waals surface area contributed by atoms with Gasteiger partial charge in [-0.2, -0.15) is 0 Å². The largest absolute Gasteiger partial charge is 0.322 e. The minimum Gasteiger partial charge on any atom is -0.322 e. The summed E-state index contributed by atoms with van der Waals surface area (Å²) in [4.78, 5) is 27.0. The van der Waals surface area contributed by atoms with E-state index in [4.69, 9.17) is 5.73 Å². The molecule has 0 fully saturated rings. The van der Waals surface area contributed by atoms with Crippen LogP contribution >= 0.6 is 0 Å². The second-order valence-electron chi connectivity index (χ2n) is 15.0. The van der Waals surface area contributed by atoms with Gasteiger partial charge in [0.25, 0.3) is 0 Å². The van der Waals surface area contributed by atoms with Crippen LogP contribution in [0.1, 0.15) is 234 Å². The first-order valence-corrected chi connectivity index (χ1v) is 20.6. The van der Waals surface area contributed by atoms with Crippen molar-refractivity contribution in [1.29, 1.82) is 0 Å². The van der Waals surface area contributed by atoms with Crippen molar-refractivity contribution in [3.05, 3.63) is 59.2 Å². The lowest BCUT2D eigenvalue weighted by Gasteiger charge is -2.24. The van der Waals surface area contributed by atoms with Gasteiger partial charge < -0.3 is 5.73 Å². The maximum absolute atomic E-state index is 13.6. The van der Waals surface area contributed by atoms with Crippen LogP contribution in [0.5, 0.6) is 0 Å². The van der Waals surface area contributed by atoms with E-state index in [1.807, 2.05) is 32.0 Å². The lowest BCUT2D eigenvalue weighted by atomic mass is 9.83. The molecule has 0 spiro atoms. The molecule has 0 bridgehead atoms. The van der Waals surface area contributed by atoms with Gasteiger partial charge in [-0.15, -0.1) is 0 Å². The minimum atomic E-state index is -0.674. The van der Waals surface area contributed by atoms with Crippen LogP contribution in [-0.4, -0.2) is 11.6 Å². The fraction of sp³-hybridized carbons (Fsp3) is 0.733. The molecule has 3 nitrogen and oxygen atoms in total. The summed E-state index contributed by atoms with van der Waals surface area (Å²) in [5, 5.41) is 0. The highest BCUT2D eigenvalue weighted by Gasteiger charge is 2.26. The van der Waals surface area contributed by atoms with Crippen molar-refractivity contribution in [1.82, 2.24) is 0 Å². The van der Waals surface area contributed by atoms with Gasteiger partial charge in [0.2, 0.25) is 0 Å². The van der Waals surface area contributed by atoms with Crippen molar-refractivity contribution >= 4 is 11.6 Å². The lowest BCUT2D eigenvalue weighted by molar-refractivity contribution is 0.0944. The number of carbonyl (C=O) groups is 2. The van der Waals surface area contributed by atoms with Gasteiger partial charge in [0.15, 0.2) is 11.6 Å². The molecule has 0 radical (unpaired) electrons. The zero-order valence-electron chi connectivity index (χ0n) is 32.2. The van der Waals surface area contributed by atoms with Gasteiger partial charge >= 0.3 is 0 Å². The van der Waals surface area contributed by atoms with Crippen LogP contribution in [0.15, 0.2) is 42.5 Å². The second-order valence-corrected chi connectivity index (χ2v) is 15.0. The van der Waals surface area contributed by atoms with Gasteiger partial charge in [-0.3, -0.25) is 9.59 Å². The molecular formula is C45H77NO2. The number of Topliss-reactive ketones (excluding diaryl/α,β-unsaturated/α-hetero) is 2. The third-order valence-corrected chi connectivity index (χ3v) is 9.67. The second kappa shape index (κ2) is 29.9.